The van der Waals surface area contributed by atoms with Gasteiger partial charge in [0, 0.05) is 31.7 Å². The number of nitrogens with zero attached hydrogens (tertiary/aromatic N) is 1. The smallest absolute Gasteiger partial charge is 0.385 e. The average Bonchev–Trinajstić information content (AvgIpc) is 2.47. The molecule has 0 atom stereocenters. The molecule has 21 heavy (non-hydrogen) atoms. The van der Waals surface area contributed by atoms with E-state index in [-0.39, 0.29) is 12.3 Å². The number of amides is 1. The summed E-state index contributed by atoms with van der Waals surface area (Å²) in [6.45, 7) is 2.52. The molecule has 0 saturated carbocycles. The summed E-state index contributed by atoms with van der Waals surface area (Å²) in [5.41, 5.74) is -0.341. The molecular weight excluding hydrogens is 285 g/mol. The van der Waals surface area contributed by atoms with Crippen molar-refractivity contribution in [3.05, 3.63) is 29.8 Å². The molecule has 1 aromatic rings. The first kappa shape index (κ1) is 15.6. The highest BCUT2D eigenvalue weighted by Gasteiger charge is 2.30. The third-order valence-corrected chi connectivity index (χ3v) is 3.22. The lowest BCUT2D eigenvalue weighted by atomic mass is 10.2. The normalized spacial score (nSPS) is 15.9. The lowest BCUT2D eigenvalue weighted by Gasteiger charge is -2.26. The molecule has 116 valence electrons. The first-order valence-corrected chi connectivity index (χ1v) is 6.73. The van der Waals surface area contributed by atoms with Gasteiger partial charge in [-0.3, -0.25) is 4.79 Å². The van der Waals surface area contributed by atoms with Crippen LogP contribution in [0.3, 0.4) is 0 Å². The first-order valence-electron chi connectivity index (χ1n) is 6.73. The van der Waals surface area contributed by atoms with Gasteiger partial charge < -0.3 is 15.0 Å². The maximum atomic E-state index is 12.6. The van der Waals surface area contributed by atoms with Gasteiger partial charge in [-0.1, -0.05) is 6.07 Å². The lowest BCUT2D eigenvalue weighted by molar-refractivity contribution is -0.137. The molecule has 1 saturated heterocycles. The van der Waals surface area contributed by atoms with Gasteiger partial charge in [0.15, 0.2) is 0 Å². The number of nitrogens with one attached hydrogen (secondary N) is 1. The Hall–Kier alpha value is -1.76. The highest BCUT2D eigenvalue weighted by Crippen LogP contribution is 2.30. The van der Waals surface area contributed by atoms with Crippen LogP contribution in [-0.4, -0.2) is 43.7 Å². The molecule has 2 rings (SSSR count). The number of rotatable bonds is 4. The summed E-state index contributed by atoms with van der Waals surface area (Å²) in [7, 11) is 0. The Morgan fingerprint density at radius 3 is 2.67 bits per heavy atom. The van der Waals surface area contributed by atoms with E-state index in [1.165, 1.54) is 6.07 Å². The van der Waals surface area contributed by atoms with Crippen LogP contribution in [0.1, 0.15) is 12.0 Å². The summed E-state index contributed by atoms with van der Waals surface area (Å²) in [6, 6.07) is 4.95. The van der Waals surface area contributed by atoms with Gasteiger partial charge >= 0.3 is 6.18 Å². The number of carbonyl (C=O) groups excluding carboxylic acids is 1. The molecule has 0 aliphatic carbocycles. The SMILES string of the molecule is O=C(CCNc1cccc(C(F)(F)F)c1)N1CCOCC1. The predicted octanol–water partition coefficient (Wildman–Crippen LogP) is 2.37. The summed E-state index contributed by atoms with van der Waals surface area (Å²) in [6.07, 6.45) is -4.11. The molecule has 0 spiro atoms. The predicted molar refractivity (Wildman–Crippen MR) is 71.9 cm³/mol. The van der Waals surface area contributed by atoms with E-state index in [9.17, 15) is 18.0 Å². The van der Waals surface area contributed by atoms with Crippen molar-refractivity contribution in [3.8, 4) is 0 Å². The summed E-state index contributed by atoms with van der Waals surface area (Å²) < 4.78 is 42.8. The van der Waals surface area contributed by atoms with Crippen LogP contribution < -0.4 is 5.32 Å². The number of halogens is 3. The van der Waals surface area contributed by atoms with Crippen LogP contribution in [0.25, 0.3) is 0 Å². The van der Waals surface area contributed by atoms with E-state index in [0.717, 1.165) is 12.1 Å². The molecule has 1 fully saturated rings. The highest BCUT2D eigenvalue weighted by molar-refractivity contribution is 5.76. The van der Waals surface area contributed by atoms with E-state index < -0.39 is 11.7 Å². The molecule has 0 unspecified atom stereocenters. The fourth-order valence-corrected chi connectivity index (χ4v) is 2.09. The van der Waals surface area contributed by atoms with Crippen LogP contribution in [0.5, 0.6) is 0 Å². The van der Waals surface area contributed by atoms with Crippen LogP contribution in [0.15, 0.2) is 24.3 Å². The van der Waals surface area contributed by atoms with Crippen LogP contribution in [0.2, 0.25) is 0 Å². The number of hydrogen-bond acceptors (Lipinski definition) is 3. The van der Waals surface area contributed by atoms with Crippen molar-refractivity contribution in [2.75, 3.05) is 38.2 Å². The molecule has 4 nitrogen and oxygen atoms in total. The number of hydrogen-bond donors (Lipinski definition) is 1. The van der Waals surface area contributed by atoms with Gasteiger partial charge in [0.05, 0.1) is 18.8 Å². The molecular formula is C14H17F3N2O2. The lowest BCUT2D eigenvalue weighted by Crippen LogP contribution is -2.41. The number of anilines is 1. The van der Waals surface area contributed by atoms with E-state index in [0.29, 0.717) is 38.5 Å². The monoisotopic (exact) mass is 302 g/mol. The molecule has 7 heteroatoms. The Labute approximate surface area is 120 Å². The van der Waals surface area contributed by atoms with Crippen molar-refractivity contribution >= 4 is 11.6 Å². The van der Waals surface area contributed by atoms with Crippen molar-refractivity contribution in [2.45, 2.75) is 12.6 Å². The fourth-order valence-electron chi connectivity index (χ4n) is 2.09. The topological polar surface area (TPSA) is 41.6 Å². The largest absolute Gasteiger partial charge is 0.416 e. The molecule has 0 radical (unpaired) electrons. The Morgan fingerprint density at radius 1 is 1.29 bits per heavy atom. The number of morpholine rings is 1. The number of alkyl halides is 3. The molecule has 1 aliphatic heterocycles. The van der Waals surface area contributed by atoms with Crippen LogP contribution >= 0.6 is 0 Å². The van der Waals surface area contributed by atoms with Gasteiger partial charge in [0.25, 0.3) is 0 Å². The van der Waals surface area contributed by atoms with Crippen LogP contribution in [0, 0.1) is 0 Å². The summed E-state index contributed by atoms with van der Waals surface area (Å²) in [5.74, 6) is -0.0159. The maximum absolute atomic E-state index is 12.6. The minimum atomic E-state index is -4.36. The van der Waals surface area contributed by atoms with E-state index in [4.69, 9.17) is 4.74 Å². The summed E-state index contributed by atoms with van der Waals surface area (Å²) >= 11 is 0. The number of carbonyl (C=O) groups is 1. The van der Waals surface area contributed by atoms with Gasteiger partial charge in [-0.25, -0.2) is 0 Å². The standard InChI is InChI=1S/C14H17F3N2O2/c15-14(16,17)11-2-1-3-12(10-11)18-5-4-13(20)19-6-8-21-9-7-19/h1-3,10,18H,4-9H2. The van der Waals surface area contributed by atoms with E-state index in [1.807, 2.05) is 0 Å². The van der Waals surface area contributed by atoms with Crippen molar-refractivity contribution in [3.63, 3.8) is 0 Å². The molecule has 1 heterocycles. The van der Waals surface area contributed by atoms with Gasteiger partial charge in [-0.2, -0.15) is 13.2 Å². The number of benzene rings is 1. The Bertz CT molecular complexity index is 485. The van der Waals surface area contributed by atoms with Crippen molar-refractivity contribution < 1.29 is 22.7 Å². The third-order valence-electron chi connectivity index (χ3n) is 3.22. The van der Waals surface area contributed by atoms with Crippen LogP contribution in [0.4, 0.5) is 18.9 Å². The minimum Gasteiger partial charge on any atom is -0.385 e. The highest BCUT2D eigenvalue weighted by atomic mass is 19.4. The van der Waals surface area contributed by atoms with Gasteiger partial charge in [0.2, 0.25) is 5.91 Å². The number of ether oxygens (including phenoxy) is 1. The van der Waals surface area contributed by atoms with E-state index in [2.05, 4.69) is 5.32 Å². The summed E-state index contributed by atoms with van der Waals surface area (Å²) in [4.78, 5) is 13.6. The van der Waals surface area contributed by atoms with Crippen molar-refractivity contribution in [2.24, 2.45) is 0 Å². The maximum Gasteiger partial charge on any atom is 0.416 e. The molecule has 0 bridgehead atoms. The third kappa shape index (κ3) is 4.63. The fraction of sp³-hybridized carbons (Fsp3) is 0.500. The first-order chi connectivity index (χ1) is 9.97. The molecule has 1 aromatic carbocycles. The molecule has 1 N–H and O–H groups in total. The second-order valence-electron chi connectivity index (χ2n) is 4.75. The Morgan fingerprint density at radius 2 is 2.00 bits per heavy atom. The zero-order valence-corrected chi connectivity index (χ0v) is 11.4. The molecule has 1 amide bonds. The Balaban J connectivity index is 1.82. The second-order valence-corrected chi connectivity index (χ2v) is 4.75. The van der Waals surface area contributed by atoms with Crippen molar-refractivity contribution in [1.82, 2.24) is 4.90 Å². The zero-order chi connectivity index (χ0) is 15.3. The van der Waals surface area contributed by atoms with E-state index >= 15 is 0 Å². The molecule has 1 aliphatic rings. The second kappa shape index (κ2) is 6.80. The quantitative estimate of drug-likeness (QED) is 0.928. The summed E-state index contributed by atoms with van der Waals surface area (Å²) in [5, 5.41) is 2.85. The zero-order valence-electron chi connectivity index (χ0n) is 11.4. The Kier molecular flexibility index (Phi) is 5.06. The van der Waals surface area contributed by atoms with Crippen LogP contribution in [-0.2, 0) is 15.7 Å². The van der Waals surface area contributed by atoms with Gasteiger partial charge in [-0.15, -0.1) is 0 Å². The van der Waals surface area contributed by atoms with Crippen molar-refractivity contribution in [1.29, 1.82) is 0 Å². The minimum absolute atomic E-state index is 0.0159. The van der Waals surface area contributed by atoms with Gasteiger partial charge in [-0.05, 0) is 18.2 Å². The average molecular weight is 302 g/mol. The molecule has 0 aromatic heterocycles. The van der Waals surface area contributed by atoms with Gasteiger partial charge in [0.1, 0.15) is 0 Å². The van der Waals surface area contributed by atoms with E-state index in [1.54, 1.807) is 11.0 Å².